The first-order valence-electron chi connectivity index (χ1n) is 8.87. The van der Waals surface area contributed by atoms with E-state index in [1.165, 1.54) is 48.6 Å². The maximum atomic E-state index is 12.6. The van der Waals surface area contributed by atoms with Crippen molar-refractivity contribution < 1.29 is 26.7 Å². The lowest BCUT2D eigenvalue weighted by molar-refractivity contribution is -0.244. The number of hydrogen-bond acceptors (Lipinski definition) is 6. The van der Waals surface area contributed by atoms with E-state index in [4.69, 9.17) is 0 Å². The molecule has 2 aromatic carbocycles. The molecule has 0 fully saturated rings. The van der Waals surface area contributed by atoms with Gasteiger partial charge in [0.25, 0.3) is 0 Å². The van der Waals surface area contributed by atoms with Crippen LogP contribution in [0.5, 0.6) is 0 Å². The molecule has 30 heavy (non-hydrogen) atoms. The molecule has 0 saturated heterocycles. The van der Waals surface area contributed by atoms with Gasteiger partial charge in [-0.05, 0) is 48.4 Å². The third-order valence-electron chi connectivity index (χ3n) is 4.83. The van der Waals surface area contributed by atoms with Crippen molar-refractivity contribution in [2.75, 3.05) is 0 Å². The van der Waals surface area contributed by atoms with Crippen molar-refractivity contribution in [2.24, 2.45) is 0 Å². The molecule has 0 amide bonds. The van der Waals surface area contributed by atoms with Crippen molar-refractivity contribution >= 4 is 31.2 Å². The number of hydrogen-bond donors (Lipinski definition) is 0. The number of ketones is 1. The summed E-state index contributed by atoms with van der Waals surface area (Å²) in [5.74, 6) is -1.17. The third-order valence-corrected chi connectivity index (χ3v) is 8.49. The fourth-order valence-corrected chi connectivity index (χ4v) is 6.57. The third kappa shape index (κ3) is 2.96. The van der Waals surface area contributed by atoms with Gasteiger partial charge in [0.15, 0.2) is 0 Å². The zero-order chi connectivity index (χ0) is 21.7. The van der Waals surface area contributed by atoms with Crippen LogP contribution in [0.1, 0.15) is 22.8 Å². The number of rotatable bonds is 3. The van der Waals surface area contributed by atoms with Crippen molar-refractivity contribution in [3.05, 3.63) is 99.3 Å². The van der Waals surface area contributed by atoms with E-state index in [-0.39, 0.29) is 30.7 Å². The van der Waals surface area contributed by atoms with E-state index < -0.39 is 31.2 Å². The predicted molar refractivity (Wildman–Crippen MR) is 109 cm³/mol. The van der Waals surface area contributed by atoms with Crippen molar-refractivity contribution in [1.82, 2.24) is 0 Å². The number of carbonyl (C=O) groups excluding carboxylic acids is 1. The quantitative estimate of drug-likeness (QED) is 0.537. The van der Waals surface area contributed by atoms with Gasteiger partial charge in [-0.2, -0.15) is 0 Å². The van der Waals surface area contributed by atoms with Crippen LogP contribution in [0.15, 0.2) is 98.0 Å². The predicted octanol–water partition coefficient (Wildman–Crippen LogP) is 2.56. The van der Waals surface area contributed by atoms with Crippen LogP contribution in [-0.4, -0.2) is 22.6 Å². The molecule has 0 spiro atoms. The molecular formula is C22H15O6S2-. The number of allylic oxidation sites excluding steroid dienone is 6. The Labute approximate surface area is 174 Å². The highest BCUT2D eigenvalue weighted by Gasteiger charge is 2.38. The van der Waals surface area contributed by atoms with Crippen LogP contribution in [0.25, 0.3) is 5.76 Å². The monoisotopic (exact) mass is 439 g/mol. The maximum Gasteiger partial charge on any atom is 0.211 e. The molecule has 8 heteroatoms. The van der Waals surface area contributed by atoms with E-state index in [1.54, 1.807) is 31.2 Å². The standard InChI is InChI=1S/C22H16O6S2/c1-14(13-20-22(24)16-9-3-5-11-18(16)30(20,27)28)7-6-12-19-21(23)15-8-2-4-10-17(15)29(19,25)26/h2-13,24H,1H3/p-1. The highest BCUT2D eigenvalue weighted by atomic mass is 32.2. The summed E-state index contributed by atoms with van der Waals surface area (Å²) in [4.78, 5) is 11.7. The molecule has 2 aromatic rings. The number of sulfone groups is 2. The number of carbonyl (C=O) groups is 1. The topological polar surface area (TPSA) is 108 Å². The van der Waals surface area contributed by atoms with Gasteiger partial charge in [0.1, 0.15) is 4.91 Å². The summed E-state index contributed by atoms with van der Waals surface area (Å²) in [5, 5.41) is 12.5. The molecule has 2 aliphatic rings. The minimum Gasteiger partial charge on any atom is -0.871 e. The Morgan fingerprint density at radius 1 is 0.867 bits per heavy atom. The second-order valence-corrected chi connectivity index (χ2v) is 10.6. The van der Waals surface area contributed by atoms with Crippen molar-refractivity contribution in [3.63, 3.8) is 0 Å². The Balaban J connectivity index is 1.66. The van der Waals surface area contributed by atoms with E-state index in [9.17, 15) is 26.7 Å². The molecule has 152 valence electrons. The van der Waals surface area contributed by atoms with Gasteiger partial charge in [0, 0.05) is 5.56 Å². The number of Topliss-reactive ketones (excluding diaryl/α,β-unsaturated/α-hetero) is 1. The summed E-state index contributed by atoms with van der Waals surface area (Å²) in [5.41, 5.74) is 0.662. The Morgan fingerprint density at radius 2 is 1.43 bits per heavy atom. The zero-order valence-electron chi connectivity index (χ0n) is 15.7. The summed E-state index contributed by atoms with van der Waals surface area (Å²) in [7, 11) is -7.80. The highest BCUT2D eigenvalue weighted by Crippen LogP contribution is 2.37. The molecule has 0 aromatic heterocycles. The van der Waals surface area contributed by atoms with Gasteiger partial charge < -0.3 is 5.11 Å². The summed E-state index contributed by atoms with van der Waals surface area (Å²) in [6, 6.07) is 11.9. The van der Waals surface area contributed by atoms with E-state index in [1.807, 2.05) is 0 Å². The summed E-state index contributed by atoms with van der Waals surface area (Å²) < 4.78 is 50.3. The highest BCUT2D eigenvalue weighted by molar-refractivity contribution is 7.97. The van der Waals surface area contributed by atoms with Crippen LogP contribution in [0.2, 0.25) is 0 Å². The van der Waals surface area contributed by atoms with Crippen LogP contribution < -0.4 is 5.11 Å². The molecule has 6 nitrogen and oxygen atoms in total. The van der Waals surface area contributed by atoms with E-state index in [2.05, 4.69) is 0 Å². The number of fused-ring (bicyclic) bond motifs is 2. The molecule has 2 heterocycles. The lowest BCUT2D eigenvalue weighted by atomic mass is 10.1. The molecule has 0 N–H and O–H groups in total. The fourth-order valence-electron chi connectivity index (χ4n) is 3.37. The number of benzene rings is 2. The zero-order valence-corrected chi connectivity index (χ0v) is 17.3. The second-order valence-electron chi connectivity index (χ2n) is 6.80. The SMILES string of the molecule is CC(C=CC=C1C(=O)c2ccccc2S1(=O)=O)=CC1=C([O-])c2ccccc2S1(=O)=O. The minimum atomic E-state index is -3.90. The largest absolute Gasteiger partial charge is 0.871 e. The van der Waals surface area contributed by atoms with Gasteiger partial charge in [-0.25, -0.2) is 16.8 Å². The van der Waals surface area contributed by atoms with Gasteiger partial charge in [-0.15, -0.1) is 0 Å². The van der Waals surface area contributed by atoms with Crippen LogP contribution in [0, 0.1) is 0 Å². The van der Waals surface area contributed by atoms with E-state index in [0.29, 0.717) is 5.57 Å². The Kier molecular flexibility index (Phi) is 4.63. The molecule has 0 bridgehead atoms. The first-order valence-corrected chi connectivity index (χ1v) is 11.8. The molecule has 0 saturated carbocycles. The summed E-state index contributed by atoms with van der Waals surface area (Å²) in [6.07, 6.45) is 5.21. The van der Waals surface area contributed by atoms with Crippen LogP contribution >= 0.6 is 0 Å². The molecule has 0 aliphatic carbocycles. The van der Waals surface area contributed by atoms with Crippen LogP contribution in [0.4, 0.5) is 0 Å². The Hall–Kier alpha value is -3.23. The molecule has 0 atom stereocenters. The first-order chi connectivity index (χ1) is 14.2. The van der Waals surface area contributed by atoms with E-state index in [0.717, 1.165) is 0 Å². The molecule has 0 unspecified atom stereocenters. The minimum absolute atomic E-state index is 0.0273. The molecule has 2 aliphatic heterocycles. The van der Waals surface area contributed by atoms with Gasteiger partial charge >= 0.3 is 0 Å². The first kappa shape index (κ1) is 20.1. The summed E-state index contributed by atoms with van der Waals surface area (Å²) >= 11 is 0. The second kappa shape index (κ2) is 6.93. The average molecular weight is 439 g/mol. The maximum absolute atomic E-state index is 12.6. The molecule has 0 radical (unpaired) electrons. The lowest BCUT2D eigenvalue weighted by Gasteiger charge is -2.08. The van der Waals surface area contributed by atoms with Crippen molar-refractivity contribution in [1.29, 1.82) is 0 Å². The van der Waals surface area contributed by atoms with Gasteiger partial charge in [-0.3, -0.25) is 4.79 Å². The van der Waals surface area contributed by atoms with Crippen LogP contribution in [0.3, 0.4) is 0 Å². The Morgan fingerprint density at radius 3 is 2.03 bits per heavy atom. The average Bonchev–Trinajstić information content (AvgIpc) is 3.03. The van der Waals surface area contributed by atoms with Gasteiger partial charge in [0.2, 0.25) is 25.5 Å². The van der Waals surface area contributed by atoms with Gasteiger partial charge in [-0.1, -0.05) is 48.2 Å². The van der Waals surface area contributed by atoms with Crippen molar-refractivity contribution in [2.45, 2.75) is 16.7 Å². The van der Waals surface area contributed by atoms with Crippen LogP contribution in [-0.2, 0) is 19.7 Å². The molecular weight excluding hydrogens is 424 g/mol. The summed E-state index contributed by atoms with van der Waals surface area (Å²) in [6.45, 7) is 1.58. The van der Waals surface area contributed by atoms with E-state index >= 15 is 0 Å². The lowest BCUT2D eigenvalue weighted by Crippen LogP contribution is -2.03. The fraction of sp³-hybridized carbons (Fsp3) is 0.0455. The van der Waals surface area contributed by atoms with Crippen molar-refractivity contribution in [3.8, 4) is 0 Å². The normalized spacial score (nSPS) is 20.8. The Bertz CT molecular complexity index is 1440. The smallest absolute Gasteiger partial charge is 0.211 e. The van der Waals surface area contributed by atoms with Gasteiger partial charge in [0.05, 0.1) is 14.7 Å². The molecule has 4 rings (SSSR count).